The van der Waals surface area contributed by atoms with Crippen LogP contribution in [0.5, 0.6) is 5.75 Å². The molecule has 0 radical (unpaired) electrons. The van der Waals surface area contributed by atoms with Crippen LogP contribution in [0.15, 0.2) is 24.5 Å². The first-order valence-corrected chi connectivity index (χ1v) is 5.19. The summed E-state index contributed by atoms with van der Waals surface area (Å²) >= 11 is 0. The number of nitrogens with one attached hydrogen (secondary N) is 1. The number of aromatic hydroxyl groups is 1. The Morgan fingerprint density at radius 1 is 1.53 bits per heavy atom. The summed E-state index contributed by atoms with van der Waals surface area (Å²) in [5.74, 6) is 0.951. The van der Waals surface area contributed by atoms with Crippen molar-refractivity contribution in [2.45, 2.75) is 6.42 Å². The second-order valence-electron chi connectivity index (χ2n) is 4.08. The summed E-state index contributed by atoms with van der Waals surface area (Å²) in [5.41, 5.74) is 1.71. The molecular formula is C11H13N3O. The molecule has 0 unspecified atom stereocenters. The van der Waals surface area contributed by atoms with E-state index in [1.807, 2.05) is 22.9 Å². The summed E-state index contributed by atoms with van der Waals surface area (Å²) in [7, 11) is 0. The molecular weight excluding hydrogens is 190 g/mol. The summed E-state index contributed by atoms with van der Waals surface area (Å²) in [6.07, 6.45) is 4.89. The largest absolute Gasteiger partial charge is 0.504 e. The van der Waals surface area contributed by atoms with E-state index in [1.165, 1.54) is 0 Å². The second kappa shape index (κ2) is 3.24. The molecule has 4 nitrogen and oxygen atoms in total. The van der Waals surface area contributed by atoms with Crippen LogP contribution in [0.3, 0.4) is 0 Å². The van der Waals surface area contributed by atoms with Gasteiger partial charge in [0.05, 0.1) is 5.69 Å². The molecule has 1 aliphatic rings. The van der Waals surface area contributed by atoms with Crippen molar-refractivity contribution in [1.82, 2.24) is 14.7 Å². The molecule has 4 heteroatoms. The van der Waals surface area contributed by atoms with Crippen LogP contribution in [-0.4, -0.2) is 27.6 Å². The maximum atomic E-state index is 9.59. The van der Waals surface area contributed by atoms with Gasteiger partial charge in [0.1, 0.15) is 0 Å². The van der Waals surface area contributed by atoms with Gasteiger partial charge in [0.15, 0.2) is 11.4 Å². The van der Waals surface area contributed by atoms with Gasteiger partial charge in [-0.1, -0.05) is 0 Å². The van der Waals surface area contributed by atoms with E-state index in [4.69, 9.17) is 0 Å². The maximum absolute atomic E-state index is 9.59. The number of hydrogen-bond acceptors (Lipinski definition) is 3. The fraction of sp³-hybridized carbons (Fsp3) is 0.364. The molecule has 2 aromatic rings. The van der Waals surface area contributed by atoms with Gasteiger partial charge >= 0.3 is 0 Å². The fourth-order valence-corrected chi connectivity index (χ4v) is 1.94. The van der Waals surface area contributed by atoms with Crippen molar-refractivity contribution in [3.05, 3.63) is 30.2 Å². The maximum Gasteiger partial charge on any atom is 0.179 e. The third-order valence-corrected chi connectivity index (χ3v) is 2.88. The van der Waals surface area contributed by atoms with Crippen LogP contribution in [0.2, 0.25) is 0 Å². The summed E-state index contributed by atoms with van der Waals surface area (Å²) in [5, 5.41) is 12.8. The molecule has 0 atom stereocenters. The van der Waals surface area contributed by atoms with Gasteiger partial charge < -0.3 is 14.8 Å². The smallest absolute Gasteiger partial charge is 0.179 e. The van der Waals surface area contributed by atoms with E-state index in [9.17, 15) is 5.11 Å². The lowest BCUT2D eigenvalue weighted by Gasteiger charge is -2.25. The quantitative estimate of drug-likeness (QED) is 0.759. The molecule has 15 heavy (non-hydrogen) atoms. The van der Waals surface area contributed by atoms with Gasteiger partial charge in [0, 0.05) is 12.4 Å². The molecule has 1 fully saturated rings. The Labute approximate surface area is 87.6 Å². The zero-order valence-electron chi connectivity index (χ0n) is 8.35. The fourth-order valence-electron chi connectivity index (χ4n) is 1.94. The lowest BCUT2D eigenvalue weighted by molar-refractivity contribution is 0.344. The van der Waals surface area contributed by atoms with E-state index in [1.54, 1.807) is 6.07 Å². The molecule has 3 rings (SSSR count). The van der Waals surface area contributed by atoms with Gasteiger partial charge in [-0.3, -0.25) is 0 Å². The summed E-state index contributed by atoms with van der Waals surface area (Å²) < 4.78 is 1.87. The van der Waals surface area contributed by atoms with Gasteiger partial charge in [0.25, 0.3) is 0 Å². The van der Waals surface area contributed by atoms with Crippen LogP contribution in [0.4, 0.5) is 0 Å². The van der Waals surface area contributed by atoms with Crippen molar-refractivity contribution < 1.29 is 5.11 Å². The van der Waals surface area contributed by atoms with Crippen molar-refractivity contribution in [3.8, 4) is 5.75 Å². The van der Waals surface area contributed by atoms with Crippen LogP contribution >= 0.6 is 0 Å². The molecule has 0 spiro atoms. The number of hydrogen-bond donors (Lipinski definition) is 2. The van der Waals surface area contributed by atoms with Crippen molar-refractivity contribution in [1.29, 1.82) is 0 Å². The van der Waals surface area contributed by atoms with E-state index in [2.05, 4.69) is 10.3 Å². The van der Waals surface area contributed by atoms with Crippen LogP contribution in [-0.2, 0) is 6.42 Å². The highest BCUT2D eigenvalue weighted by atomic mass is 16.3. The lowest BCUT2D eigenvalue weighted by Crippen LogP contribution is -2.43. The molecule has 0 aromatic carbocycles. The first kappa shape index (κ1) is 8.73. The Morgan fingerprint density at radius 3 is 3.07 bits per heavy atom. The van der Waals surface area contributed by atoms with E-state index in [0.717, 1.165) is 25.2 Å². The van der Waals surface area contributed by atoms with Gasteiger partial charge in [-0.2, -0.15) is 0 Å². The average molecular weight is 203 g/mol. The number of aromatic nitrogens is 2. The number of rotatable bonds is 2. The molecule has 0 saturated carbocycles. The van der Waals surface area contributed by atoms with Crippen molar-refractivity contribution in [2.75, 3.05) is 13.1 Å². The molecule has 0 aliphatic carbocycles. The normalized spacial score (nSPS) is 16.8. The highest BCUT2D eigenvalue weighted by Crippen LogP contribution is 2.19. The monoisotopic (exact) mass is 203 g/mol. The number of pyridine rings is 1. The summed E-state index contributed by atoms with van der Waals surface area (Å²) in [6, 6.07) is 3.48. The first-order valence-electron chi connectivity index (χ1n) is 5.19. The molecule has 2 aromatic heterocycles. The molecule has 78 valence electrons. The van der Waals surface area contributed by atoms with E-state index in [-0.39, 0.29) is 5.75 Å². The van der Waals surface area contributed by atoms with Crippen molar-refractivity contribution in [3.63, 3.8) is 0 Å². The summed E-state index contributed by atoms with van der Waals surface area (Å²) in [6.45, 7) is 2.17. The molecule has 0 amide bonds. The summed E-state index contributed by atoms with van der Waals surface area (Å²) in [4.78, 5) is 4.42. The van der Waals surface area contributed by atoms with Crippen molar-refractivity contribution in [2.24, 2.45) is 5.92 Å². The highest BCUT2D eigenvalue weighted by molar-refractivity contribution is 5.53. The Kier molecular flexibility index (Phi) is 1.89. The molecule has 0 bridgehead atoms. The third-order valence-electron chi connectivity index (χ3n) is 2.88. The lowest BCUT2D eigenvalue weighted by atomic mass is 9.98. The van der Waals surface area contributed by atoms with Crippen LogP contribution in [0, 0.1) is 5.92 Å². The molecule has 3 heterocycles. The molecule has 2 N–H and O–H groups in total. The Hall–Kier alpha value is -1.55. The zero-order valence-corrected chi connectivity index (χ0v) is 8.35. The molecule has 1 aliphatic heterocycles. The Bertz CT molecular complexity index is 488. The van der Waals surface area contributed by atoms with Gasteiger partial charge in [-0.05, 0) is 37.6 Å². The van der Waals surface area contributed by atoms with E-state index in [0.29, 0.717) is 11.6 Å². The van der Waals surface area contributed by atoms with Gasteiger partial charge in [0.2, 0.25) is 0 Å². The number of fused-ring (bicyclic) bond motifs is 1. The minimum atomic E-state index is 0.246. The molecule has 1 saturated heterocycles. The van der Waals surface area contributed by atoms with Crippen LogP contribution in [0.1, 0.15) is 5.69 Å². The number of imidazole rings is 1. The second-order valence-corrected chi connectivity index (χ2v) is 4.08. The minimum absolute atomic E-state index is 0.246. The minimum Gasteiger partial charge on any atom is -0.504 e. The van der Waals surface area contributed by atoms with E-state index >= 15 is 0 Å². The van der Waals surface area contributed by atoms with Crippen molar-refractivity contribution >= 4 is 5.65 Å². The van der Waals surface area contributed by atoms with E-state index < -0.39 is 0 Å². The van der Waals surface area contributed by atoms with Crippen LogP contribution < -0.4 is 5.32 Å². The predicted octanol–water partition coefficient (Wildman–Crippen LogP) is 0.802. The van der Waals surface area contributed by atoms with Gasteiger partial charge in [-0.25, -0.2) is 4.98 Å². The van der Waals surface area contributed by atoms with Gasteiger partial charge in [-0.15, -0.1) is 0 Å². The Morgan fingerprint density at radius 2 is 2.40 bits per heavy atom. The topological polar surface area (TPSA) is 49.6 Å². The average Bonchev–Trinajstić information content (AvgIpc) is 2.56. The zero-order chi connectivity index (χ0) is 10.3. The van der Waals surface area contributed by atoms with Crippen LogP contribution in [0.25, 0.3) is 5.65 Å². The number of nitrogens with zero attached hydrogens (tertiary/aromatic N) is 2. The standard InChI is InChI=1S/C11H13N3O/c15-10-2-1-3-14-7-9(13-11(10)14)4-8-5-12-6-8/h1-3,7-8,12,15H,4-6H2. The Balaban J connectivity index is 1.95. The predicted molar refractivity (Wildman–Crippen MR) is 56.9 cm³/mol. The highest BCUT2D eigenvalue weighted by Gasteiger charge is 2.18. The first-order chi connectivity index (χ1) is 7.33. The third kappa shape index (κ3) is 1.47. The SMILES string of the molecule is Oc1cccn2cc(CC3CNC3)nc12.